The molecule has 3 atom stereocenters. The molecule has 3 heteroatoms. The summed E-state index contributed by atoms with van der Waals surface area (Å²) in [6.45, 7) is 3.16. The number of hydrogen-bond donors (Lipinski definition) is 1. The normalized spacial score (nSPS) is 29.6. The molecule has 1 aliphatic heterocycles. The topological polar surface area (TPSA) is 21.3 Å². The first-order chi connectivity index (χ1) is 9.76. The van der Waals surface area contributed by atoms with Crippen LogP contribution in [0, 0.1) is 5.92 Å². The van der Waals surface area contributed by atoms with E-state index in [9.17, 15) is 0 Å². The number of rotatable bonds is 3. The molecule has 2 nitrogen and oxygen atoms in total. The Morgan fingerprint density at radius 1 is 1.30 bits per heavy atom. The van der Waals surface area contributed by atoms with Gasteiger partial charge in [-0.05, 0) is 37.0 Å². The van der Waals surface area contributed by atoms with Gasteiger partial charge in [0.05, 0.1) is 6.61 Å². The third kappa shape index (κ3) is 3.20. The van der Waals surface area contributed by atoms with Crippen LogP contribution in [0.15, 0.2) is 22.7 Å². The van der Waals surface area contributed by atoms with Crippen molar-refractivity contribution in [3.63, 3.8) is 0 Å². The van der Waals surface area contributed by atoms with Crippen LogP contribution in [-0.2, 0) is 0 Å². The average Bonchev–Trinajstić information content (AvgIpc) is 2.48. The number of nitrogens with one attached hydrogen (secondary N) is 1. The molecule has 3 rings (SSSR count). The standard InChI is InChI=1S/C17H24BrNO/c1-2-12-4-3-5-14(10-12)19-16-8-9-20-17-7-6-13(18)11-15(16)17/h6-7,11-12,14,16,19H,2-5,8-10H2,1H3. The van der Waals surface area contributed by atoms with Crippen LogP contribution in [0.4, 0.5) is 0 Å². The maximum absolute atomic E-state index is 5.78. The van der Waals surface area contributed by atoms with E-state index in [1.54, 1.807) is 0 Å². The van der Waals surface area contributed by atoms with Crippen molar-refractivity contribution in [2.45, 2.75) is 57.5 Å². The minimum atomic E-state index is 0.455. The second-order valence-corrected chi connectivity index (χ2v) is 7.09. The van der Waals surface area contributed by atoms with E-state index in [1.807, 2.05) is 0 Å². The third-order valence-electron chi connectivity index (χ3n) is 4.81. The first kappa shape index (κ1) is 14.4. The molecule has 0 spiro atoms. The minimum absolute atomic E-state index is 0.455. The Labute approximate surface area is 130 Å². The fourth-order valence-corrected chi connectivity index (χ4v) is 4.01. The van der Waals surface area contributed by atoms with E-state index >= 15 is 0 Å². The van der Waals surface area contributed by atoms with Crippen molar-refractivity contribution in [1.29, 1.82) is 0 Å². The van der Waals surface area contributed by atoms with E-state index < -0.39 is 0 Å². The van der Waals surface area contributed by atoms with Gasteiger partial charge in [0.2, 0.25) is 0 Å². The van der Waals surface area contributed by atoms with Gasteiger partial charge >= 0.3 is 0 Å². The fraction of sp³-hybridized carbons (Fsp3) is 0.647. The Balaban J connectivity index is 1.71. The molecule has 0 bridgehead atoms. The van der Waals surface area contributed by atoms with Crippen LogP contribution in [-0.4, -0.2) is 12.6 Å². The molecule has 0 saturated heterocycles. The summed E-state index contributed by atoms with van der Waals surface area (Å²) in [6, 6.07) is 7.50. The SMILES string of the molecule is CCC1CCCC(NC2CCOc3ccc(Br)cc32)C1. The van der Waals surface area contributed by atoms with E-state index in [1.165, 1.54) is 37.7 Å². The molecular formula is C17H24BrNO. The van der Waals surface area contributed by atoms with Crippen LogP contribution in [0.5, 0.6) is 5.75 Å². The number of ether oxygens (including phenoxy) is 1. The zero-order chi connectivity index (χ0) is 13.9. The van der Waals surface area contributed by atoms with E-state index in [0.29, 0.717) is 12.1 Å². The number of fused-ring (bicyclic) bond motifs is 1. The Bertz CT molecular complexity index is 462. The Hall–Kier alpha value is -0.540. The second-order valence-electron chi connectivity index (χ2n) is 6.18. The van der Waals surface area contributed by atoms with E-state index in [0.717, 1.165) is 29.2 Å². The molecule has 1 fully saturated rings. The lowest BCUT2D eigenvalue weighted by molar-refractivity contribution is 0.215. The predicted octanol–water partition coefficient (Wildman–Crippen LogP) is 4.83. The van der Waals surface area contributed by atoms with Gasteiger partial charge in [-0.15, -0.1) is 0 Å². The van der Waals surface area contributed by atoms with Crippen molar-refractivity contribution in [3.8, 4) is 5.75 Å². The summed E-state index contributed by atoms with van der Waals surface area (Å²) in [5.41, 5.74) is 1.32. The van der Waals surface area contributed by atoms with Gasteiger partial charge in [0.15, 0.2) is 0 Å². The van der Waals surface area contributed by atoms with Gasteiger partial charge in [-0.3, -0.25) is 0 Å². The van der Waals surface area contributed by atoms with Crippen LogP contribution < -0.4 is 10.1 Å². The maximum Gasteiger partial charge on any atom is 0.124 e. The number of benzene rings is 1. The monoisotopic (exact) mass is 337 g/mol. The average molecular weight is 338 g/mol. The molecule has 0 amide bonds. The molecular weight excluding hydrogens is 314 g/mol. The smallest absolute Gasteiger partial charge is 0.124 e. The van der Waals surface area contributed by atoms with Crippen molar-refractivity contribution >= 4 is 15.9 Å². The lowest BCUT2D eigenvalue weighted by Gasteiger charge is -2.35. The largest absolute Gasteiger partial charge is 0.493 e. The van der Waals surface area contributed by atoms with Gasteiger partial charge in [0.25, 0.3) is 0 Å². The van der Waals surface area contributed by atoms with Crippen molar-refractivity contribution in [1.82, 2.24) is 5.32 Å². The summed E-state index contributed by atoms with van der Waals surface area (Å²) in [6.07, 6.45) is 7.88. The molecule has 1 aromatic carbocycles. The van der Waals surface area contributed by atoms with Gasteiger partial charge in [-0.2, -0.15) is 0 Å². The maximum atomic E-state index is 5.78. The molecule has 20 heavy (non-hydrogen) atoms. The molecule has 1 aromatic rings. The Morgan fingerprint density at radius 2 is 2.20 bits per heavy atom. The summed E-state index contributed by atoms with van der Waals surface area (Å²) < 4.78 is 6.92. The van der Waals surface area contributed by atoms with E-state index in [-0.39, 0.29) is 0 Å². The number of halogens is 1. The van der Waals surface area contributed by atoms with E-state index in [4.69, 9.17) is 4.74 Å². The molecule has 110 valence electrons. The molecule has 1 heterocycles. The lowest BCUT2D eigenvalue weighted by atomic mass is 9.83. The van der Waals surface area contributed by atoms with Crippen molar-refractivity contribution in [2.24, 2.45) is 5.92 Å². The molecule has 3 unspecified atom stereocenters. The Kier molecular flexibility index (Phi) is 4.67. The highest BCUT2D eigenvalue weighted by Gasteiger charge is 2.27. The molecule has 1 aliphatic carbocycles. The van der Waals surface area contributed by atoms with Crippen LogP contribution in [0.1, 0.15) is 57.1 Å². The van der Waals surface area contributed by atoms with Gasteiger partial charge < -0.3 is 10.1 Å². The molecule has 2 aliphatic rings. The van der Waals surface area contributed by atoms with Crippen LogP contribution in [0.2, 0.25) is 0 Å². The molecule has 0 radical (unpaired) electrons. The zero-order valence-electron chi connectivity index (χ0n) is 12.2. The number of hydrogen-bond acceptors (Lipinski definition) is 2. The second kappa shape index (κ2) is 6.48. The summed E-state index contributed by atoms with van der Waals surface area (Å²) in [5.74, 6) is 1.97. The molecule has 1 saturated carbocycles. The van der Waals surface area contributed by atoms with Crippen molar-refractivity contribution in [3.05, 3.63) is 28.2 Å². The highest BCUT2D eigenvalue weighted by molar-refractivity contribution is 9.10. The first-order valence-corrected chi connectivity index (χ1v) is 8.74. The van der Waals surface area contributed by atoms with Gasteiger partial charge in [0, 0.05) is 28.5 Å². The summed E-state index contributed by atoms with van der Waals surface area (Å²) in [4.78, 5) is 0. The lowest BCUT2D eigenvalue weighted by Crippen LogP contribution is -2.38. The highest BCUT2D eigenvalue weighted by Crippen LogP contribution is 2.36. The first-order valence-electron chi connectivity index (χ1n) is 7.94. The molecule has 0 aromatic heterocycles. The van der Waals surface area contributed by atoms with Crippen LogP contribution >= 0.6 is 15.9 Å². The minimum Gasteiger partial charge on any atom is -0.493 e. The van der Waals surface area contributed by atoms with Gasteiger partial charge in [-0.25, -0.2) is 0 Å². The van der Waals surface area contributed by atoms with Crippen LogP contribution in [0.3, 0.4) is 0 Å². The van der Waals surface area contributed by atoms with Crippen molar-refractivity contribution < 1.29 is 4.74 Å². The summed E-state index contributed by atoms with van der Waals surface area (Å²) >= 11 is 3.58. The van der Waals surface area contributed by atoms with Gasteiger partial charge in [-0.1, -0.05) is 42.1 Å². The highest BCUT2D eigenvalue weighted by atomic mass is 79.9. The fourth-order valence-electron chi connectivity index (χ4n) is 3.64. The van der Waals surface area contributed by atoms with Crippen LogP contribution in [0.25, 0.3) is 0 Å². The summed E-state index contributed by atoms with van der Waals surface area (Å²) in [7, 11) is 0. The third-order valence-corrected chi connectivity index (χ3v) is 5.30. The summed E-state index contributed by atoms with van der Waals surface area (Å²) in [5, 5.41) is 3.90. The van der Waals surface area contributed by atoms with Gasteiger partial charge in [0.1, 0.15) is 5.75 Å². The van der Waals surface area contributed by atoms with Crippen molar-refractivity contribution in [2.75, 3.05) is 6.61 Å². The Morgan fingerprint density at radius 3 is 3.05 bits per heavy atom. The zero-order valence-corrected chi connectivity index (χ0v) is 13.8. The van der Waals surface area contributed by atoms with E-state index in [2.05, 4.69) is 46.4 Å². The quantitative estimate of drug-likeness (QED) is 0.852. The molecule has 1 N–H and O–H groups in total. The predicted molar refractivity (Wildman–Crippen MR) is 86.2 cm³/mol.